The summed E-state index contributed by atoms with van der Waals surface area (Å²) in [4.78, 5) is 22.2. The first kappa shape index (κ1) is 17.2. The molecule has 1 unspecified atom stereocenters. The molecule has 1 aliphatic rings. The Balaban J connectivity index is 1.68. The van der Waals surface area contributed by atoms with E-state index in [4.69, 9.17) is 4.74 Å². The number of nitrogens with zero attached hydrogens (tertiary/aromatic N) is 2. The molecule has 24 heavy (non-hydrogen) atoms. The van der Waals surface area contributed by atoms with Gasteiger partial charge in [-0.1, -0.05) is 42.1 Å². The minimum atomic E-state index is -0.0636. The number of H-pyrrole nitrogens is 1. The van der Waals surface area contributed by atoms with Crippen LogP contribution in [0.15, 0.2) is 40.3 Å². The maximum Gasteiger partial charge on any atom is 0.255 e. The van der Waals surface area contributed by atoms with Crippen LogP contribution in [0.2, 0.25) is 0 Å². The number of hydrogen-bond acceptors (Lipinski definition) is 5. The van der Waals surface area contributed by atoms with E-state index in [-0.39, 0.29) is 5.56 Å². The lowest BCUT2D eigenvalue weighted by Crippen LogP contribution is -2.42. The first-order valence-electron chi connectivity index (χ1n) is 8.26. The largest absolute Gasteiger partial charge is 0.376 e. The van der Waals surface area contributed by atoms with Crippen LogP contribution in [0, 0.1) is 6.92 Å². The number of morpholine rings is 1. The van der Waals surface area contributed by atoms with Crippen LogP contribution in [0.5, 0.6) is 0 Å². The highest BCUT2D eigenvalue weighted by molar-refractivity contribution is 7.99. The van der Waals surface area contributed by atoms with Crippen LogP contribution < -0.4 is 5.56 Å². The first-order chi connectivity index (χ1) is 11.6. The maximum absolute atomic E-state index is 12.2. The van der Waals surface area contributed by atoms with Crippen LogP contribution in [0.3, 0.4) is 0 Å². The predicted molar refractivity (Wildman–Crippen MR) is 97.6 cm³/mol. The minimum absolute atomic E-state index is 0.0636. The van der Waals surface area contributed by atoms with Crippen LogP contribution in [-0.4, -0.2) is 53.0 Å². The van der Waals surface area contributed by atoms with E-state index < -0.39 is 0 Å². The van der Waals surface area contributed by atoms with Gasteiger partial charge in [-0.15, -0.1) is 0 Å². The summed E-state index contributed by atoms with van der Waals surface area (Å²) in [6.07, 6.45) is 0.297. The monoisotopic (exact) mass is 345 g/mol. The van der Waals surface area contributed by atoms with E-state index in [1.807, 2.05) is 37.3 Å². The third-order valence-electron chi connectivity index (χ3n) is 4.15. The predicted octanol–water partition coefficient (Wildman–Crippen LogP) is 2.56. The molecule has 0 amide bonds. The van der Waals surface area contributed by atoms with Crippen LogP contribution in [0.1, 0.15) is 12.5 Å². The molecule has 2 aromatic rings. The third kappa shape index (κ3) is 4.26. The molecule has 1 atom stereocenters. The highest BCUT2D eigenvalue weighted by Gasteiger charge is 2.16. The van der Waals surface area contributed by atoms with E-state index in [0.717, 1.165) is 43.3 Å². The molecule has 5 nitrogen and oxygen atoms in total. The van der Waals surface area contributed by atoms with Crippen molar-refractivity contribution in [3.05, 3.63) is 46.2 Å². The summed E-state index contributed by atoms with van der Waals surface area (Å²) in [5.74, 6) is 0.896. The SMILES string of the molecule is Cc1c(-c2ccccc2)nc(SCCN2CCOC(C)C2)[nH]c1=O. The van der Waals surface area contributed by atoms with Crippen LogP contribution >= 0.6 is 11.8 Å². The van der Waals surface area contributed by atoms with Crippen LogP contribution in [0.25, 0.3) is 11.3 Å². The summed E-state index contributed by atoms with van der Waals surface area (Å²) in [7, 11) is 0. The van der Waals surface area contributed by atoms with E-state index in [0.29, 0.717) is 16.8 Å². The quantitative estimate of drug-likeness (QED) is 0.667. The molecule has 6 heteroatoms. The number of aromatic nitrogens is 2. The van der Waals surface area contributed by atoms with Gasteiger partial charge in [-0.05, 0) is 13.8 Å². The fourth-order valence-electron chi connectivity index (χ4n) is 2.82. The fraction of sp³-hybridized carbons (Fsp3) is 0.444. The standard InChI is InChI=1S/C18H23N3O2S/c1-13-12-21(8-10-23-13)9-11-24-18-19-16(14(2)17(22)20-18)15-6-4-3-5-7-15/h3-7,13H,8-12H2,1-2H3,(H,19,20,22). The van der Waals surface area contributed by atoms with Gasteiger partial charge in [0.25, 0.3) is 5.56 Å². The second kappa shape index (κ2) is 7.96. The number of ether oxygens (including phenoxy) is 1. The van der Waals surface area contributed by atoms with Crippen molar-refractivity contribution in [3.63, 3.8) is 0 Å². The third-order valence-corrected chi connectivity index (χ3v) is 5.00. The van der Waals surface area contributed by atoms with Gasteiger partial charge in [0, 0.05) is 36.5 Å². The molecule has 1 N–H and O–H groups in total. The Hall–Kier alpha value is -1.63. The summed E-state index contributed by atoms with van der Waals surface area (Å²) in [5, 5.41) is 0.686. The van der Waals surface area contributed by atoms with Gasteiger partial charge >= 0.3 is 0 Å². The van der Waals surface area contributed by atoms with Crippen molar-refractivity contribution in [2.24, 2.45) is 0 Å². The maximum atomic E-state index is 12.2. The van der Waals surface area contributed by atoms with Gasteiger partial charge in [0.05, 0.1) is 18.4 Å². The zero-order chi connectivity index (χ0) is 16.9. The van der Waals surface area contributed by atoms with E-state index in [1.54, 1.807) is 11.8 Å². The van der Waals surface area contributed by atoms with Crippen LogP contribution in [0.4, 0.5) is 0 Å². The summed E-state index contributed by atoms with van der Waals surface area (Å²) >= 11 is 1.60. The first-order valence-corrected chi connectivity index (χ1v) is 9.25. The number of benzene rings is 1. The highest BCUT2D eigenvalue weighted by atomic mass is 32.2. The molecule has 1 fully saturated rings. The number of rotatable bonds is 5. The Morgan fingerprint density at radius 3 is 2.92 bits per heavy atom. The molecule has 0 saturated carbocycles. The van der Waals surface area contributed by atoms with E-state index >= 15 is 0 Å². The molecule has 3 rings (SSSR count). The van der Waals surface area contributed by atoms with Gasteiger partial charge < -0.3 is 9.72 Å². The van der Waals surface area contributed by atoms with Gasteiger partial charge in [0.15, 0.2) is 5.16 Å². The van der Waals surface area contributed by atoms with Gasteiger partial charge in [-0.2, -0.15) is 0 Å². The van der Waals surface area contributed by atoms with Crippen molar-refractivity contribution in [1.82, 2.24) is 14.9 Å². The molecule has 128 valence electrons. The average molecular weight is 345 g/mol. The number of nitrogens with one attached hydrogen (secondary N) is 1. The van der Waals surface area contributed by atoms with Crippen molar-refractivity contribution in [1.29, 1.82) is 0 Å². The molecule has 1 aromatic heterocycles. The molecule has 1 aliphatic heterocycles. The van der Waals surface area contributed by atoms with E-state index in [2.05, 4.69) is 21.8 Å². The Morgan fingerprint density at radius 2 is 2.17 bits per heavy atom. The Labute approximate surface area is 146 Å². The Morgan fingerprint density at radius 1 is 1.38 bits per heavy atom. The zero-order valence-corrected chi connectivity index (χ0v) is 14.9. The van der Waals surface area contributed by atoms with Gasteiger partial charge in [0.1, 0.15) is 0 Å². The number of thioether (sulfide) groups is 1. The Bertz CT molecular complexity index is 733. The lowest BCUT2D eigenvalue weighted by atomic mass is 10.1. The summed E-state index contributed by atoms with van der Waals surface area (Å²) in [6.45, 7) is 7.62. The van der Waals surface area contributed by atoms with Crippen LogP contribution in [-0.2, 0) is 4.74 Å². The second-order valence-corrected chi connectivity index (χ2v) is 7.12. The Kier molecular flexibility index (Phi) is 5.71. The average Bonchev–Trinajstić information content (AvgIpc) is 2.59. The summed E-state index contributed by atoms with van der Waals surface area (Å²) < 4.78 is 5.56. The van der Waals surface area contributed by atoms with Crippen molar-refractivity contribution >= 4 is 11.8 Å². The minimum Gasteiger partial charge on any atom is -0.376 e. The second-order valence-electron chi connectivity index (χ2n) is 6.04. The molecule has 0 radical (unpaired) electrons. The topological polar surface area (TPSA) is 58.2 Å². The molecular formula is C18H23N3O2S. The molecule has 1 saturated heterocycles. The lowest BCUT2D eigenvalue weighted by molar-refractivity contribution is -0.0158. The van der Waals surface area contributed by atoms with Gasteiger partial charge in [-0.25, -0.2) is 4.98 Å². The number of hydrogen-bond donors (Lipinski definition) is 1. The normalized spacial score (nSPS) is 18.7. The molecule has 1 aromatic carbocycles. The fourth-order valence-corrected chi connectivity index (χ4v) is 3.69. The molecular weight excluding hydrogens is 322 g/mol. The van der Waals surface area contributed by atoms with Gasteiger partial charge in [-0.3, -0.25) is 9.69 Å². The zero-order valence-electron chi connectivity index (χ0n) is 14.1. The lowest BCUT2D eigenvalue weighted by Gasteiger charge is -2.30. The highest BCUT2D eigenvalue weighted by Crippen LogP contribution is 2.21. The van der Waals surface area contributed by atoms with Crippen molar-refractivity contribution in [2.45, 2.75) is 25.1 Å². The van der Waals surface area contributed by atoms with E-state index in [1.165, 1.54) is 0 Å². The smallest absolute Gasteiger partial charge is 0.255 e. The van der Waals surface area contributed by atoms with Crippen molar-refractivity contribution in [2.75, 3.05) is 32.0 Å². The molecule has 0 aliphatic carbocycles. The summed E-state index contributed by atoms with van der Waals surface area (Å²) in [5.41, 5.74) is 2.34. The number of aromatic amines is 1. The molecule has 2 heterocycles. The molecule has 0 spiro atoms. The van der Waals surface area contributed by atoms with E-state index in [9.17, 15) is 4.79 Å². The van der Waals surface area contributed by atoms with Crippen molar-refractivity contribution in [3.8, 4) is 11.3 Å². The van der Waals surface area contributed by atoms with Crippen molar-refractivity contribution < 1.29 is 4.74 Å². The van der Waals surface area contributed by atoms with Gasteiger partial charge in [0.2, 0.25) is 0 Å². The molecule has 0 bridgehead atoms. The summed E-state index contributed by atoms with van der Waals surface area (Å²) in [6, 6.07) is 9.86.